The van der Waals surface area contributed by atoms with Crippen molar-refractivity contribution in [3.8, 4) is 11.5 Å². The molecule has 32 heavy (non-hydrogen) atoms. The molecule has 1 N–H and O–H groups in total. The predicted octanol–water partition coefficient (Wildman–Crippen LogP) is 4.12. The van der Waals surface area contributed by atoms with Gasteiger partial charge in [0.15, 0.2) is 5.69 Å². The molecule has 2 aromatic heterocycles. The van der Waals surface area contributed by atoms with Gasteiger partial charge in [0.25, 0.3) is 11.8 Å². The molecule has 1 saturated heterocycles. The first-order valence-electron chi connectivity index (χ1n) is 10.3. The van der Waals surface area contributed by atoms with Crippen molar-refractivity contribution < 1.29 is 23.2 Å². The number of nitrogens with one attached hydrogen (secondary N) is 1. The van der Waals surface area contributed by atoms with Crippen LogP contribution in [0.1, 0.15) is 26.8 Å². The SMILES string of the molecule is Cc1oc(-c2ccccc2)nc1C(=O)Nc1c(C(=O)N2CCOCC2)oc2ccccc12. The van der Waals surface area contributed by atoms with Crippen LogP contribution in [-0.4, -0.2) is 48.0 Å². The van der Waals surface area contributed by atoms with Gasteiger partial charge in [0, 0.05) is 24.0 Å². The molecule has 5 rings (SSSR count). The molecule has 162 valence electrons. The second kappa shape index (κ2) is 8.32. The standard InChI is InChI=1S/C24H21N3O5/c1-15-19(26-23(31-15)16-7-3-2-4-8-16)22(28)25-20-17-9-5-6-10-18(17)32-21(20)24(29)27-11-13-30-14-12-27/h2-10H,11-14H2,1H3,(H,25,28). The van der Waals surface area contributed by atoms with Crippen LogP contribution in [0.5, 0.6) is 0 Å². The molecule has 1 aliphatic rings. The molecule has 0 atom stereocenters. The molecule has 1 fully saturated rings. The number of para-hydroxylation sites is 1. The molecule has 0 saturated carbocycles. The first-order chi connectivity index (χ1) is 15.6. The number of aromatic nitrogens is 1. The lowest BCUT2D eigenvalue weighted by molar-refractivity contribution is 0.0285. The van der Waals surface area contributed by atoms with Gasteiger partial charge in [0.2, 0.25) is 11.7 Å². The highest BCUT2D eigenvalue weighted by Gasteiger charge is 2.29. The Morgan fingerprint density at radius 1 is 0.969 bits per heavy atom. The van der Waals surface area contributed by atoms with E-state index in [2.05, 4.69) is 10.3 Å². The average Bonchev–Trinajstić information content (AvgIpc) is 3.40. The number of carbonyl (C=O) groups is 2. The Morgan fingerprint density at radius 2 is 1.69 bits per heavy atom. The van der Waals surface area contributed by atoms with E-state index in [0.29, 0.717) is 54.6 Å². The second-order valence-corrected chi connectivity index (χ2v) is 7.45. The third-order valence-electron chi connectivity index (χ3n) is 5.36. The van der Waals surface area contributed by atoms with Crippen molar-refractivity contribution in [3.63, 3.8) is 0 Å². The zero-order valence-corrected chi connectivity index (χ0v) is 17.5. The zero-order chi connectivity index (χ0) is 22.1. The number of morpholine rings is 1. The van der Waals surface area contributed by atoms with Crippen LogP contribution in [0.3, 0.4) is 0 Å². The Morgan fingerprint density at radius 3 is 2.47 bits per heavy atom. The third kappa shape index (κ3) is 3.65. The van der Waals surface area contributed by atoms with Gasteiger partial charge in [-0.05, 0) is 31.2 Å². The monoisotopic (exact) mass is 431 g/mol. The average molecular weight is 431 g/mol. The highest BCUT2D eigenvalue weighted by atomic mass is 16.5. The minimum absolute atomic E-state index is 0.0888. The van der Waals surface area contributed by atoms with Crippen LogP contribution in [0, 0.1) is 6.92 Å². The number of fused-ring (bicyclic) bond motifs is 1. The first-order valence-corrected chi connectivity index (χ1v) is 10.3. The highest BCUT2D eigenvalue weighted by Crippen LogP contribution is 2.33. The molecule has 8 nitrogen and oxygen atoms in total. The van der Waals surface area contributed by atoms with Crippen molar-refractivity contribution in [2.75, 3.05) is 31.6 Å². The van der Waals surface area contributed by atoms with Gasteiger partial charge in [-0.2, -0.15) is 0 Å². The lowest BCUT2D eigenvalue weighted by atomic mass is 10.2. The summed E-state index contributed by atoms with van der Waals surface area (Å²) in [6, 6.07) is 16.5. The minimum Gasteiger partial charge on any atom is -0.449 e. The summed E-state index contributed by atoms with van der Waals surface area (Å²) in [5.41, 5.74) is 1.76. The molecule has 2 amide bonds. The van der Waals surface area contributed by atoms with E-state index in [9.17, 15) is 9.59 Å². The Hall–Kier alpha value is -3.91. The molecule has 0 aliphatic carbocycles. The van der Waals surface area contributed by atoms with Gasteiger partial charge in [-0.15, -0.1) is 0 Å². The van der Waals surface area contributed by atoms with Crippen LogP contribution in [0.25, 0.3) is 22.4 Å². The van der Waals surface area contributed by atoms with Crippen LogP contribution < -0.4 is 5.32 Å². The van der Waals surface area contributed by atoms with Gasteiger partial charge in [-0.25, -0.2) is 4.98 Å². The molecule has 0 spiro atoms. The molecular weight excluding hydrogens is 410 g/mol. The molecule has 3 heterocycles. The lowest BCUT2D eigenvalue weighted by Crippen LogP contribution is -2.40. The zero-order valence-electron chi connectivity index (χ0n) is 17.5. The van der Waals surface area contributed by atoms with Gasteiger partial charge in [-0.3, -0.25) is 9.59 Å². The smallest absolute Gasteiger partial charge is 0.291 e. The number of oxazole rings is 1. The summed E-state index contributed by atoms with van der Waals surface area (Å²) in [5.74, 6) is 0.0636. The summed E-state index contributed by atoms with van der Waals surface area (Å²) >= 11 is 0. The van der Waals surface area contributed by atoms with Crippen molar-refractivity contribution in [2.45, 2.75) is 6.92 Å². The van der Waals surface area contributed by atoms with Crippen LogP contribution in [0.4, 0.5) is 5.69 Å². The van der Waals surface area contributed by atoms with Crippen molar-refractivity contribution in [3.05, 3.63) is 71.8 Å². The fraction of sp³-hybridized carbons (Fsp3) is 0.208. The van der Waals surface area contributed by atoms with Gasteiger partial charge < -0.3 is 23.8 Å². The molecule has 0 radical (unpaired) electrons. The van der Waals surface area contributed by atoms with E-state index in [4.69, 9.17) is 13.6 Å². The van der Waals surface area contributed by atoms with E-state index in [1.54, 1.807) is 24.0 Å². The van der Waals surface area contributed by atoms with Crippen molar-refractivity contribution in [2.24, 2.45) is 0 Å². The van der Waals surface area contributed by atoms with E-state index in [0.717, 1.165) is 5.56 Å². The summed E-state index contributed by atoms with van der Waals surface area (Å²) in [5, 5.41) is 3.48. The van der Waals surface area contributed by atoms with Crippen molar-refractivity contribution in [1.82, 2.24) is 9.88 Å². The molecule has 2 aromatic carbocycles. The quantitative estimate of drug-likeness (QED) is 0.522. The van der Waals surface area contributed by atoms with Gasteiger partial charge in [0.05, 0.1) is 13.2 Å². The highest BCUT2D eigenvalue weighted by molar-refractivity contribution is 6.14. The Kier molecular flexibility index (Phi) is 5.20. The maximum Gasteiger partial charge on any atom is 0.291 e. The van der Waals surface area contributed by atoms with Crippen LogP contribution in [-0.2, 0) is 4.74 Å². The number of rotatable bonds is 4. The molecule has 8 heteroatoms. The van der Waals surface area contributed by atoms with Gasteiger partial charge in [-0.1, -0.05) is 30.3 Å². The van der Waals surface area contributed by atoms with Crippen molar-refractivity contribution in [1.29, 1.82) is 0 Å². The van der Waals surface area contributed by atoms with E-state index < -0.39 is 5.91 Å². The number of ether oxygens (including phenoxy) is 1. The Bertz CT molecular complexity index is 1290. The van der Waals surface area contributed by atoms with Gasteiger partial charge in [0.1, 0.15) is 17.0 Å². The summed E-state index contributed by atoms with van der Waals surface area (Å²) in [4.78, 5) is 32.3. The topological polar surface area (TPSA) is 97.8 Å². The Labute approximate surface area is 183 Å². The largest absolute Gasteiger partial charge is 0.449 e. The van der Waals surface area contributed by atoms with Crippen LogP contribution >= 0.6 is 0 Å². The van der Waals surface area contributed by atoms with E-state index in [-0.39, 0.29) is 17.4 Å². The number of benzene rings is 2. The fourth-order valence-electron chi connectivity index (χ4n) is 3.71. The maximum atomic E-state index is 13.2. The normalized spacial score (nSPS) is 14.0. The second-order valence-electron chi connectivity index (χ2n) is 7.45. The lowest BCUT2D eigenvalue weighted by Gasteiger charge is -2.26. The van der Waals surface area contributed by atoms with E-state index in [1.807, 2.05) is 42.5 Å². The first kappa shape index (κ1) is 20.0. The third-order valence-corrected chi connectivity index (χ3v) is 5.36. The number of amides is 2. The van der Waals surface area contributed by atoms with Crippen LogP contribution in [0.2, 0.25) is 0 Å². The van der Waals surface area contributed by atoms with Crippen LogP contribution in [0.15, 0.2) is 63.4 Å². The molecule has 0 unspecified atom stereocenters. The summed E-state index contributed by atoms with van der Waals surface area (Å²) in [6.07, 6.45) is 0. The number of hydrogen-bond acceptors (Lipinski definition) is 6. The summed E-state index contributed by atoms with van der Waals surface area (Å²) in [7, 11) is 0. The van der Waals surface area contributed by atoms with E-state index in [1.165, 1.54) is 0 Å². The number of furan rings is 1. The summed E-state index contributed by atoms with van der Waals surface area (Å²) in [6.45, 7) is 3.54. The molecule has 1 aliphatic heterocycles. The number of anilines is 1. The fourth-order valence-corrected chi connectivity index (χ4v) is 3.71. The van der Waals surface area contributed by atoms with Crippen molar-refractivity contribution >= 4 is 28.5 Å². The maximum absolute atomic E-state index is 13.2. The molecular formula is C24H21N3O5. The number of nitrogens with zero attached hydrogens (tertiary/aromatic N) is 2. The number of carbonyl (C=O) groups excluding carboxylic acids is 2. The molecule has 4 aromatic rings. The Balaban J connectivity index is 1.49. The number of aryl methyl sites for hydroxylation is 1. The van der Waals surface area contributed by atoms with Gasteiger partial charge >= 0.3 is 0 Å². The number of hydrogen-bond donors (Lipinski definition) is 1. The molecule has 0 bridgehead atoms. The van der Waals surface area contributed by atoms with E-state index >= 15 is 0 Å². The minimum atomic E-state index is -0.476. The predicted molar refractivity (Wildman–Crippen MR) is 118 cm³/mol. The summed E-state index contributed by atoms with van der Waals surface area (Å²) < 4.78 is 16.9.